The summed E-state index contributed by atoms with van der Waals surface area (Å²) in [6.07, 6.45) is 0. The molecule has 0 radical (unpaired) electrons. The minimum absolute atomic E-state index is 0.330. The van der Waals surface area contributed by atoms with Crippen LogP contribution in [0, 0.1) is 0 Å². The van der Waals surface area contributed by atoms with E-state index in [-0.39, 0.29) is 5.12 Å². The molecular weight excluding hydrogens is 216 g/mol. The Morgan fingerprint density at radius 1 is 1.07 bits per heavy atom. The molecule has 0 aliphatic heterocycles. The fraction of sp³-hybridized carbons (Fsp3) is 0.300. The number of carbonyl (C=O) groups excluding carboxylic acids is 1. The minimum atomic E-state index is -0.382. The average molecular weight is 228 g/mol. The molecule has 0 amide bonds. The summed E-state index contributed by atoms with van der Waals surface area (Å²) in [6.45, 7) is 0. The zero-order valence-electron chi connectivity index (χ0n) is 8.73. The van der Waals surface area contributed by atoms with E-state index in [0.717, 1.165) is 0 Å². The van der Waals surface area contributed by atoms with E-state index >= 15 is 0 Å². The molecule has 0 aliphatic rings. The molecule has 0 spiro atoms. The Morgan fingerprint density at radius 3 is 2.07 bits per heavy atom. The maximum atomic E-state index is 11.2. The predicted molar refractivity (Wildman–Crippen MR) is 59.4 cm³/mol. The molecule has 82 valence electrons. The van der Waals surface area contributed by atoms with Gasteiger partial charge in [-0.2, -0.15) is 0 Å². The van der Waals surface area contributed by atoms with Gasteiger partial charge in [-0.15, -0.1) is 12.6 Å². The van der Waals surface area contributed by atoms with Gasteiger partial charge in [0, 0.05) is 0 Å². The molecule has 0 saturated carbocycles. The predicted octanol–water partition coefficient (Wildman–Crippen LogP) is 1.78. The fourth-order valence-corrected chi connectivity index (χ4v) is 1.45. The quantitative estimate of drug-likeness (QED) is 0.798. The topological polar surface area (TPSA) is 44.8 Å². The van der Waals surface area contributed by atoms with Crippen molar-refractivity contribution in [2.45, 2.75) is 0 Å². The van der Waals surface area contributed by atoms with Crippen molar-refractivity contribution < 1.29 is 19.0 Å². The van der Waals surface area contributed by atoms with Gasteiger partial charge in [-0.25, -0.2) is 0 Å². The first-order valence-electron chi connectivity index (χ1n) is 4.18. The highest BCUT2D eigenvalue weighted by Crippen LogP contribution is 2.40. The second-order valence-electron chi connectivity index (χ2n) is 2.69. The monoisotopic (exact) mass is 228 g/mol. The number of benzene rings is 1. The molecule has 0 heterocycles. The van der Waals surface area contributed by atoms with Crippen LogP contribution in [0.5, 0.6) is 17.2 Å². The van der Waals surface area contributed by atoms with Crippen LogP contribution < -0.4 is 14.2 Å². The number of hydrogen-bond acceptors (Lipinski definition) is 4. The van der Waals surface area contributed by atoms with E-state index < -0.39 is 0 Å². The fourth-order valence-electron chi connectivity index (χ4n) is 1.27. The molecule has 0 fully saturated rings. The standard InChI is InChI=1S/C10H12O4S/c1-12-7-5-4-6(10(11)15)8(13-2)9(7)14-3/h4-5H,1-3H3,(H,11,15). The lowest BCUT2D eigenvalue weighted by atomic mass is 10.2. The number of thiol groups is 1. The molecule has 0 aliphatic carbocycles. The van der Waals surface area contributed by atoms with E-state index in [1.54, 1.807) is 12.1 Å². The lowest BCUT2D eigenvalue weighted by molar-refractivity contribution is 0.108. The summed E-state index contributed by atoms with van der Waals surface area (Å²) in [7, 11) is 4.45. The second kappa shape index (κ2) is 4.93. The van der Waals surface area contributed by atoms with E-state index in [2.05, 4.69) is 12.6 Å². The van der Waals surface area contributed by atoms with Gasteiger partial charge in [-0.3, -0.25) is 4.79 Å². The Balaban J connectivity index is 3.40. The van der Waals surface area contributed by atoms with Gasteiger partial charge in [-0.1, -0.05) is 0 Å². The Hall–Kier alpha value is -1.36. The van der Waals surface area contributed by atoms with Crippen LogP contribution in [-0.4, -0.2) is 26.4 Å². The summed E-state index contributed by atoms with van der Waals surface area (Å²) in [6, 6.07) is 3.21. The molecule has 0 bridgehead atoms. The van der Waals surface area contributed by atoms with Crippen LogP contribution in [0.1, 0.15) is 10.4 Å². The van der Waals surface area contributed by atoms with Crippen LogP contribution in [0.2, 0.25) is 0 Å². The van der Waals surface area contributed by atoms with E-state index in [9.17, 15) is 4.79 Å². The average Bonchev–Trinajstić information content (AvgIpc) is 2.26. The van der Waals surface area contributed by atoms with Crippen molar-refractivity contribution in [2.75, 3.05) is 21.3 Å². The van der Waals surface area contributed by atoms with Crippen molar-refractivity contribution in [3.05, 3.63) is 17.7 Å². The van der Waals surface area contributed by atoms with Gasteiger partial charge in [0.2, 0.25) is 10.9 Å². The van der Waals surface area contributed by atoms with E-state index in [1.807, 2.05) is 0 Å². The summed E-state index contributed by atoms with van der Waals surface area (Å²) >= 11 is 3.75. The zero-order valence-corrected chi connectivity index (χ0v) is 9.63. The molecule has 0 atom stereocenters. The van der Waals surface area contributed by atoms with E-state index in [1.165, 1.54) is 21.3 Å². The van der Waals surface area contributed by atoms with Gasteiger partial charge in [0.1, 0.15) is 0 Å². The lowest BCUT2D eigenvalue weighted by Gasteiger charge is -2.13. The van der Waals surface area contributed by atoms with Crippen LogP contribution in [0.4, 0.5) is 0 Å². The Morgan fingerprint density at radius 2 is 1.67 bits per heavy atom. The first-order chi connectivity index (χ1) is 7.15. The highest BCUT2D eigenvalue weighted by atomic mass is 32.1. The Kier molecular flexibility index (Phi) is 3.85. The van der Waals surface area contributed by atoms with Gasteiger partial charge in [0.25, 0.3) is 0 Å². The maximum Gasteiger partial charge on any atom is 0.220 e. The van der Waals surface area contributed by atoms with Gasteiger partial charge < -0.3 is 14.2 Å². The normalized spacial score (nSPS) is 9.60. The second-order valence-corrected chi connectivity index (χ2v) is 3.09. The summed E-state index contributed by atoms with van der Waals surface area (Å²) < 4.78 is 15.3. The third kappa shape index (κ3) is 2.18. The SMILES string of the molecule is COc1ccc(C(=O)S)c(OC)c1OC. The van der Waals surface area contributed by atoms with Gasteiger partial charge >= 0.3 is 0 Å². The largest absolute Gasteiger partial charge is 0.493 e. The summed E-state index contributed by atoms with van der Waals surface area (Å²) in [5.41, 5.74) is 0.346. The smallest absolute Gasteiger partial charge is 0.220 e. The number of methoxy groups -OCH3 is 3. The number of carbonyl (C=O) groups is 1. The molecule has 1 aromatic carbocycles. The highest BCUT2D eigenvalue weighted by molar-refractivity contribution is 7.97. The molecule has 0 unspecified atom stereocenters. The van der Waals surface area contributed by atoms with Crippen molar-refractivity contribution in [3.63, 3.8) is 0 Å². The first-order valence-corrected chi connectivity index (χ1v) is 4.62. The number of ether oxygens (including phenoxy) is 3. The summed E-state index contributed by atoms with van der Waals surface area (Å²) in [4.78, 5) is 11.2. The molecule has 0 aromatic heterocycles. The van der Waals surface area contributed by atoms with Crippen LogP contribution in [0.3, 0.4) is 0 Å². The van der Waals surface area contributed by atoms with Crippen LogP contribution in [-0.2, 0) is 0 Å². The zero-order chi connectivity index (χ0) is 11.4. The molecular formula is C10H12O4S. The van der Waals surface area contributed by atoms with Gasteiger partial charge in [-0.05, 0) is 12.1 Å². The molecule has 0 N–H and O–H groups in total. The summed E-state index contributed by atoms with van der Waals surface area (Å²) in [5, 5.41) is -0.382. The van der Waals surface area contributed by atoms with Crippen molar-refractivity contribution in [1.29, 1.82) is 0 Å². The maximum absolute atomic E-state index is 11.2. The van der Waals surface area contributed by atoms with Crippen LogP contribution in [0.25, 0.3) is 0 Å². The Labute approximate surface area is 93.5 Å². The van der Waals surface area contributed by atoms with E-state index in [4.69, 9.17) is 14.2 Å². The number of rotatable bonds is 4. The van der Waals surface area contributed by atoms with Crippen molar-refractivity contribution in [1.82, 2.24) is 0 Å². The Bertz CT molecular complexity index is 376. The van der Waals surface area contributed by atoms with Crippen molar-refractivity contribution in [3.8, 4) is 17.2 Å². The van der Waals surface area contributed by atoms with Gasteiger partial charge in [0.05, 0.1) is 26.9 Å². The number of hydrogen-bond donors (Lipinski definition) is 1. The molecule has 15 heavy (non-hydrogen) atoms. The third-order valence-electron chi connectivity index (χ3n) is 1.93. The van der Waals surface area contributed by atoms with Crippen LogP contribution >= 0.6 is 12.6 Å². The molecule has 1 rings (SSSR count). The van der Waals surface area contributed by atoms with Crippen LogP contribution in [0.15, 0.2) is 12.1 Å². The minimum Gasteiger partial charge on any atom is -0.493 e. The molecule has 5 heteroatoms. The first kappa shape index (κ1) is 11.7. The van der Waals surface area contributed by atoms with Crippen molar-refractivity contribution in [2.24, 2.45) is 0 Å². The lowest BCUT2D eigenvalue weighted by Crippen LogP contribution is -2.00. The molecule has 4 nitrogen and oxygen atoms in total. The van der Waals surface area contributed by atoms with Gasteiger partial charge in [0.15, 0.2) is 11.5 Å². The third-order valence-corrected chi connectivity index (χ3v) is 2.18. The molecule has 0 saturated heterocycles. The van der Waals surface area contributed by atoms with E-state index in [0.29, 0.717) is 22.8 Å². The summed E-state index contributed by atoms with van der Waals surface area (Å²) in [5.74, 6) is 1.23. The highest BCUT2D eigenvalue weighted by Gasteiger charge is 2.18. The molecule has 1 aromatic rings. The van der Waals surface area contributed by atoms with Crippen molar-refractivity contribution >= 4 is 17.7 Å².